The van der Waals surface area contributed by atoms with Gasteiger partial charge in [0.25, 0.3) is 0 Å². The largest absolute Gasteiger partial charge is 0.411 e. The van der Waals surface area contributed by atoms with Crippen molar-refractivity contribution in [3.63, 3.8) is 0 Å². The minimum Gasteiger partial charge on any atom is -0.383 e. The van der Waals surface area contributed by atoms with Gasteiger partial charge in [-0.05, 0) is 13.0 Å². The van der Waals surface area contributed by atoms with Gasteiger partial charge in [0.05, 0.1) is 19.3 Å². The first-order valence-electron chi connectivity index (χ1n) is 4.86. The fraction of sp³-hybridized carbons (Fsp3) is 1.00. The van der Waals surface area contributed by atoms with E-state index in [1.165, 1.54) is 7.11 Å². The molecule has 0 aliphatic carbocycles. The van der Waals surface area contributed by atoms with Crippen LogP contribution in [0.15, 0.2) is 0 Å². The van der Waals surface area contributed by atoms with Crippen LogP contribution in [0.4, 0.5) is 13.2 Å². The highest BCUT2D eigenvalue weighted by Gasteiger charge is 2.27. The third-order valence-electron chi connectivity index (χ3n) is 1.64. The van der Waals surface area contributed by atoms with Gasteiger partial charge in [-0.2, -0.15) is 13.2 Å². The highest BCUT2D eigenvalue weighted by molar-refractivity contribution is 4.65. The second-order valence-corrected chi connectivity index (χ2v) is 3.24. The summed E-state index contributed by atoms with van der Waals surface area (Å²) in [5.41, 5.74) is 0. The maximum Gasteiger partial charge on any atom is 0.411 e. The second-order valence-electron chi connectivity index (χ2n) is 3.24. The zero-order valence-corrected chi connectivity index (χ0v) is 9.06. The molecule has 0 fully saturated rings. The first-order chi connectivity index (χ1) is 6.99. The van der Waals surface area contributed by atoms with Crippen LogP contribution >= 0.6 is 0 Å². The van der Waals surface area contributed by atoms with Gasteiger partial charge in [0.1, 0.15) is 6.61 Å². The standard InChI is InChI=1S/C9H18F3NO2/c1-3-4-13-8(5-14-2)6-15-7-9(10,11)12/h8,13H,3-7H2,1-2H3. The molecular formula is C9H18F3NO2. The average Bonchev–Trinajstić information content (AvgIpc) is 2.12. The summed E-state index contributed by atoms with van der Waals surface area (Å²) in [6, 6.07) is -0.183. The lowest BCUT2D eigenvalue weighted by molar-refractivity contribution is -0.175. The van der Waals surface area contributed by atoms with Gasteiger partial charge in [-0.3, -0.25) is 0 Å². The smallest absolute Gasteiger partial charge is 0.383 e. The second kappa shape index (κ2) is 7.90. The van der Waals surface area contributed by atoms with E-state index in [0.717, 1.165) is 13.0 Å². The first-order valence-corrected chi connectivity index (χ1v) is 4.86. The van der Waals surface area contributed by atoms with E-state index in [1.807, 2.05) is 6.92 Å². The number of halogens is 3. The maximum absolute atomic E-state index is 11.8. The Balaban J connectivity index is 3.65. The molecule has 0 aliphatic rings. The molecule has 1 N–H and O–H groups in total. The van der Waals surface area contributed by atoms with Crippen molar-refractivity contribution in [2.45, 2.75) is 25.6 Å². The Kier molecular flexibility index (Phi) is 7.72. The predicted molar refractivity (Wildman–Crippen MR) is 50.8 cm³/mol. The van der Waals surface area contributed by atoms with E-state index in [0.29, 0.717) is 6.61 Å². The third-order valence-corrected chi connectivity index (χ3v) is 1.64. The van der Waals surface area contributed by atoms with Gasteiger partial charge in [-0.15, -0.1) is 0 Å². The summed E-state index contributed by atoms with van der Waals surface area (Å²) in [5.74, 6) is 0. The molecule has 1 unspecified atom stereocenters. The SMILES string of the molecule is CCCNC(COC)COCC(F)(F)F. The van der Waals surface area contributed by atoms with E-state index in [4.69, 9.17) is 4.74 Å². The summed E-state index contributed by atoms with van der Waals surface area (Å²) < 4.78 is 44.7. The van der Waals surface area contributed by atoms with Gasteiger partial charge in [0.15, 0.2) is 0 Å². The maximum atomic E-state index is 11.8. The minimum atomic E-state index is -4.26. The van der Waals surface area contributed by atoms with Crippen molar-refractivity contribution in [2.24, 2.45) is 0 Å². The van der Waals surface area contributed by atoms with Crippen molar-refractivity contribution in [2.75, 3.05) is 33.5 Å². The van der Waals surface area contributed by atoms with E-state index in [1.54, 1.807) is 0 Å². The quantitative estimate of drug-likeness (QED) is 0.685. The fourth-order valence-electron chi connectivity index (χ4n) is 1.03. The van der Waals surface area contributed by atoms with E-state index >= 15 is 0 Å². The predicted octanol–water partition coefficient (Wildman–Crippen LogP) is 1.58. The van der Waals surface area contributed by atoms with Crippen LogP contribution in [0.25, 0.3) is 0 Å². The molecule has 15 heavy (non-hydrogen) atoms. The van der Waals surface area contributed by atoms with Crippen LogP contribution in [0.3, 0.4) is 0 Å². The summed E-state index contributed by atoms with van der Waals surface area (Å²) in [7, 11) is 1.50. The van der Waals surface area contributed by atoms with Crippen molar-refractivity contribution in [3.05, 3.63) is 0 Å². The Morgan fingerprint density at radius 3 is 2.40 bits per heavy atom. The van der Waals surface area contributed by atoms with Crippen molar-refractivity contribution < 1.29 is 22.6 Å². The molecule has 0 heterocycles. The minimum absolute atomic E-state index is 0.00729. The topological polar surface area (TPSA) is 30.5 Å². The lowest BCUT2D eigenvalue weighted by atomic mass is 10.3. The number of alkyl halides is 3. The summed E-state index contributed by atoms with van der Waals surface area (Å²) in [4.78, 5) is 0. The normalized spacial score (nSPS) is 14.2. The molecule has 0 aromatic rings. The number of hydrogen-bond acceptors (Lipinski definition) is 3. The Hall–Kier alpha value is -0.330. The molecule has 1 atom stereocenters. The number of rotatable bonds is 8. The monoisotopic (exact) mass is 229 g/mol. The molecule has 0 saturated heterocycles. The van der Waals surface area contributed by atoms with Crippen molar-refractivity contribution in [1.82, 2.24) is 5.32 Å². The first kappa shape index (κ1) is 14.7. The van der Waals surface area contributed by atoms with Gasteiger partial charge in [0.2, 0.25) is 0 Å². The molecule has 0 amide bonds. The molecule has 6 heteroatoms. The van der Waals surface area contributed by atoms with E-state index < -0.39 is 12.8 Å². The van der Waals surface area contributed by atoms with Gasteiger partial charge in [-0.1, -0.05) is 6.92 Å². The Bertz CT molecular complexity index is 153. The fourth-order valence-corrected chi connectivity index (χ4v) is 1.03. The Morgan fingerprint density at radius 2 is 1.93 bits per heavy atom. The van der Waals surface area contributed by atoms with Crippen molar-refractivity contribution in [1.29, 1.82) is 0 Å². The summed E-state index contributed by atoms with van der Waals surface area (Å²) >= 11 is 0. The van der Waals surface area contributed by atoms with Crippen LogP contribution in [-0.4, -0.2) is 45.7 Å². The van der Waals surface area contributed by atoms with Gasteiger partial charge in [0, 0.05) is 7.11 Å². The number of nitrogens with one attached hydrogen (secondary N) is 1. The van der Waals surface area contributed by atoms with Gasteiger partial charge >= 0.3 is 6.18 Å². The molecular weight excluding hydrogens is 211 g/mol. The molecule has 0 aromatic heterocycles. The summed E-state index contributed by atoms with van der Waals surface area (Å²) in [6.07, 6.45) is -3.35. The van der Waals surface area contributed by atoms with E-state index in [-0.39, 0.29) is 12.6 Å². The number of hydrogen-bond donors (Lipinski definition) is 1. The zero-order valence-electron chi connectivity index (χ0n) is 9.06. The highest BCUT2D eigenvalue weighted by atomic mass is 19.4. The van der Waals surface area contributed by atoms with Crippen LogP contribution in [0.1, 0.15) is 13.3 Å². The lowest BCUT2D eigenvalue weighted by Crippen LogP contribution is -2.38. The molecule has 0 saturated carbocycles. The Morgan fingerprint density at radius 1 is 1.27 bits per heavy atom. The van der Waals surface area contributed by atoms with Crippen molar-refractivity contribution >= 4 is 0 Å². The van der Waals surface area contributed by atoms with Crippen LogP contribution in [0.2, 0.25) is 0 Å². The summed E-state index contributed by atoms with van der Waals surface area (Å²) in [6.45, 7) is 1.86. The molecule has 3 nitrogen and oxygen atoms in total. The third kappa shape index (κ3) is 9.96. The van der Waals surface area contributed by atoms with Crippen LogP contribution in [0, 0.1) is 0 Å². The van der Waals surface area contributed by atoms with E-state index in [9.17, 15) is 13.2 Å². The number of ether oxygens (including phenoxy) is 2. The molecule has 0 rings (SSSR count). The molecule has 0 spiro atoms. The molecule has 92 valence electrons. The molecule has 0 bridgehead atoms. The van der Waals surface area contributed by atoms with Crippen LogP contribution in [-0.2, 0) is 9.47 Å². The van der Waals surface area contributed by atoms with Gasteiger partial charge in [-0.25, -0.2) is 0 Å². The highest BCUT2D eigenvalue weighted by Crippen LogP contribution is 2.14. The van der Waals surface area contributed by atoms with Crippen LogP contribution < -0.4 is 5.32 Å². The van der Waals surface area contributed by atoms with Crippen LogP contribution in [0.5, 0.6) is 0 Å². The number of methoxy groups -OCH3 is 1. The Labute approximate surface area is 87.9 Å². The molecule has 0 radical (unpaired) electrons. The molecule has 0 aliphatic heterocycles. The zero-order chi connectivity index (χ0) is 11.7. The molecule has 0 aromatic carbocycles. The lowest BCUT2D eigenvalue weighted by Gasteiger charge is -2.18. The average molecular weight is 229 g/mol. The van der Waals surface area contributed by atoms with E-state index in [2.05, 4.69) is 10.1 Å². The van der Waals surface area contributed by atoms with Gasteiger partial charge < -0.3 is 14.8 Å². The summed E-state index contributed by atoms with van der Waals surface area (Å²) in [5, 5.41) is 3.04. The van der Waals surface area contributed by atoms with Crippen molar-refractivity contribution in [3.8, 4) is 0 Å².